The van der Waals surface area contributed by atoms with E-state index in [0.29, 0.717) is 18.4 Å². The molecular formula is C22H25F3N2O2. The van der Waals surface area contributed by atoms with Crippen molar-refractivity contribution >= 4 is 5.91 Å². The third kappa shape index (κ3) is 4.45. The lowest BCUT2D eigenvalue weighted by molar-refractivity contribution is -0.258. The van der Waals surface area contributed by atoms with Gasteiger partial charge in [0.05, 0.1) is 0 Å². The van der Waals surface area contributed by atoms with E-state index in [4.69, 9.17) is 0 Å². The van der Waals surface area contributed by atoms with Crippen LogP contribution in [0.25, 0.3) is 0 Å². The van der Waals surface area contributed by atoms with Gasteiger partial charge in [-0.05, 0) is 67.9 Å². The minimum Gasteiger partial charge on any atom is -0.376 e. The van der Waals surface area contributed by atoms with Crippen LogP contribution in [0, 0.1) is 0 Å². The zero-order valence-electron chi connectivity index (χ0n) is 16.5. The molecule has 1 aromatic heterocycles. The number of carbonyl (C=O) groups excluding carboxylic acids is 1. The van der Waals surface area contributed by atoms with E-state index in [1.165, 1.54) is 17.7 Å². The fraction of sp³-hybridized carbons (Fsp3) is 0.455. The molecule has 3 rings (SSSR count). The van der Waals surface area contributed by atoms with Gasteiger partial charge in [0.15, 0.2) is 5.60 Å². The molecule has 1 N–H and O–H groups in total. The van der Waals surface area contributed by atoms with E-state index in [2.05, 4.69) is 11.1 Å². The maximum atomic E-state index is 13.0. The lowest BCUT2D eigenvalue weighted by atomic mass is 9.82. The van der Waals surface area contributed by atoms with Crippen molar-refractivity contribution in [3.8, 4) is 0 Å². The molecule has 1 aliphatic rings. The number of amides is 1. The van der Waals surface area contributed by atoms with Gasteiger partial charge in [0, 0.05) is 31.0 Å². The van der Waals surface area contributed by atoms with E-state index in [-0.39, 0.29) is 17.5 Å². The predicted molar refractivity (Wildman–Crippen MR) is 103 cm³/mol. The van der Waals surface area contributed by atoms with Crippen LogP contribution in [0.2, 0.25) is 0 Å². The smallest absolute Gasteiger partial charge is 0.376 e. The van der Waals surface area contributed by atoms with E-state index in [0.717, 1.165) is 37.8 Å². The molecule has 1 aliphatic carbocycles. The number of alkyl halides is 3. The highest BCUT2D eigenvalue weighted by Crippen LogP contribution is 2.38. The monoisotopic (exact) mass is 406 g/mol. The molecule has 4 nitrogen and oxygen atoms in total. The zero-order valence-corrected chi connectivity index (χ0v) is 16.5. The summed E-state index contributed by atoms with van der Waals surface area (Å²) in [7, 11) is 1.73. The normalized spacial score (nSPS) is 22.0. The molecule has 29 heavy (non-hydrogen) atoms. The van der Waals surface area contributed by atoms with Crippen molar-refractivity contribution in [2.45, 2.75) is 56.3 Å². The molecule has 1 heterocycles. The minimum absolute atomic E-state index is 0.0911. The summed E-state index contributed by atoms with van der Waals surface area (Å²) in [5.74, 6) is 0.209. The molecule has 0 unspecified atom stereocenters. The molecule has 1 atom stereocenters. The van der Waals surface area contributed by atoms with Gasteiger partial charge in [-0.3, -0.25) is 9.78 Å². The Kier molecular flexibility index (Phi) is 5.98. The highest BCUT2D eigenvalue weighted by atomic mass is 19.4. The summed E-state index contributed by atoms with van der Waals surface area (Å²) in [5, 5.41) is 9.76. The van der Waals surface area contributed by atoms with Crippen molar-refractivity contribution in [2.75, 3.05) is 7.05 Å². The summed E-state index contributed by atoms with van der Waals surface area (Å²) < 4.78 is 38.9. The Morgan fingerprint density at radius 3 is 2.24 bits per heavy atom. The first-order valence-electron chi connectivity index (χ1n) is 9.68. The Morgan fingerprint density at radius 1 is 1.10 bits per heavy atom. The Balaban J connectivity index is 1.63. The SMILES string of the molecule is CN(C(=O)c1ccc([C@](C)(O)C(F)(F)F)cc1)[C@H]1CC[C@H](c2cccnc2)CC1. The van der Waals surface area contributed by atoms with E-state index in [1.54, 1.807) is 18.1 Å². The summed E-state index contributed by atoms with van der Waals surface area (Å²) in [6.45, 7) is 0.705. The van der Waals surface area contributed by atoms with Crippen LogP contribution in [0.15, 0.2) is 48.8 Å². The van der Waals surface area contributed by atoms with E-state index >= 15 is 0 Å². The number of benzene rings is 1. The number of carbonyl (C=O) groups is 1. The van der Waals surface area contributed by atoms with Gasteiger partial charge >= 0.3 is 6.18 Å². The fourth-order valence-corrected chi connectivity index (χ4v) is 3.88. The van der Waals surface area contributed by atoms with Crippen molar-refractivity contribution in [1.82, 2.24) is 9.88 Å². The van der Waals surface area contributed by atoms with Crippen LogP contribution in [0.5, 0.6) is 0 Å². The Morgan fingerprint density at radius 2 is 1.72 bits per heavy atom. The predicted octanol–water partition coefficient (Wildman–Crippen LogP) is 4.65. The third-order valence-corrected chi connectivity index (χ3v) is 5.97. The number of aromatic nitrogens is 1. The highest BCUT2D eigenvalue weighted by Gasteiger charge is 2.51. The maximum absolute atomic E-state index is 13.0. The molecule has 2 aromatic rings. The Hall–Kier alpha value is -2.41. The van der Waals surface area contributed by atoms with Gasteiger partial charge in [-0.15, -0.1) is 0 Å². The number of hydrogen-bond donors (Lipinski definition) is 1. The van der Waals surface area contributed by atoms with Crippen LogP contribution >= 0.6 is 0 Å². The van der Waals surface area contributed by atoms with Crippen molar-refractivity contribution in [1.29, 1.82) is 0 Å². The largest absolute Gasteiger partial charge is 0.421 e. The third-order valence-electron chi connectivity index (χ3n) is 5.97. The van der Waals surface area contributed by atoms with Crippen LogP contribution < -0.4 is 0 Å². The van der Waals surface area contributed by atoms with E-state index in [1.807, 2.05) is 12.3 Å². The topological polar surface area (TPSA) is 53.4 Å². The second-order valence-corrected chi connectivity index (χ2v) is 7.86. The molecule has 0 saturated heterocycles. The maximum Gasteiger partial charge on any atom is 0.421 e. The van der Waals surface area contributed by atoms with Gasteiger partial charge in [-0.1, -0.05) is 18.2 Å². The van der Waals surface area contributed by atoms with Gasteiger partial charge in [0.1, 0.15) is 0 Å². The quantitative estimate of drug-likeness (QED) is 0.804. The van der Waals surface area contributed by atoms with Crippen molar-refractivity contribution in [2.24, 2.45) is 0 Å². The van der Waals surface area contributed by atoms with Gasteiger partial charge < -0.3 is 10.0 Å². The van der Waals surface area contributed by atoms with E-state index in [9.17, 15) is 23.1 Å². The second-order valence-electron chi connectivity index (χ2n) is 7.86. The molecule has 156 valence electrons. The van der Waals surface area contributed by atoms with Gasteiger partial charge in [0.25, 0.3) is 5.91 Å². The van der Waals surface area contributed by atoms with Crippen LogP contribution in [-0.2, 0) is 5.60 Å². The average Bonchev–Trinajstić information content (AvgIpc) is 2.73. The van der Waals surface area contributed by atoms with Crippen LogP contribution in [0.1, 0.15) is 60.0 Å². The number of hydrogen-bond acceptors (Lipinski definition) is 3. The van der Waals surface area contributed by atoms with Crippen molar-refractivity contribution in [3.63, 3.8) is 0 Å². The molecule has 1 saturated carbocycles. The lowest BCUT2D eigenvalue weighted by Crippen LogP contribution is -2.40. The van der Waals surface area contributed by atoms with Crippen molar-refractivity contribution in [3.05, 3.63) is 65.5 Å². The average molecular weight is 406 g/mol. The molecular weight excluding hydrogens is 381 g/mol. The first-order chi connectivity index (χ1) is 13.6. The number of pyridine rings is 1. The minimum atomic E-state index is -4.79. The number of rotatable bonds is 4. The van der Waals surface area contributed by atoms with Gasteiger partial charge in [-0.2, -0.15) is 13.2 Å². The summed E-state index contributed by atoms with van der Waals surface area (Å²) in [5.41, 5.74) is -1.72. The van der Waals surface area contributed by atoms with Crippen LogP contribution in [0.3, 0.4) is 0 Å². The molecule has 0 aliphatic heterocycles. The summed E-state index contributed by atoms with van der Waals surface area (Å²) >= 11 is 0. The molecule has 0 spiro atoms. The summed E-state index contributed by atoms with van der Waals surface area (Å²) in [4.78, 5) is 18.6. The molecule has 0 radical (unpaired) electrons. The fourth-order valence-electron chi connectivity index (χ4n) is 3.88. The molecule has 1 fully saturated rings. The first kappa shape index (κ1) is 21.3. The molecule has 1 amide bonds. The highest BCUT2D eigenvalue weighted by molar-refractivity contribution is 5.94. The van der Waals surface area contributed by atoms with E-state index < -0.39 is 11.8 Å². The van der Waals surface area contributed by atoms with Crippen LogP contribution in [-0.4, -0.2) is 40.2 Å². The lowest BCUT2D eigenvalue weighted by Gasteiger charge is -2.35. The molecule has 7 heteroatoms. The van der Waals surface area contributed by atoms with Crippen LogP contribution in [0.4, 0.5) is 13.2 Å². The Labute approximate surface area is 168 Å². The zero-order chi connectivity index (χ0) is 21.2. The van der Waals surface area contributed by atoms with Gasteiger partial charge in [0.2, 0.25) is 0 Å². The molecule has 1 aromatic carbocycles. The number of aliphatic hydroxyl groups is 1. The summed E-state index contributed by atoms with van der Waals surface area (Å²) in [6.07, 6.45) is 2.49. The summed E-state index contributed by atoms with van der Waals surface area (Å²) in [6, 6.07) is 9.10. The molecule has 0 bridgehead atoms. The van der Waals surface area contributed by atoms with Gasteiger partial charge in [-0.25, -0.2) is 0 Å². The first-order valence-corrected chi connectivity index (χ1v) is 9.68. The Bertz CT molecular complexity index is 827. The number of nitrogens with zero attached hydrogens (tertiary/aromatic N) is 2. The second kappa shape index (κ2) is 8.14. The van der Waals surface area contributed by atoms with Crippen molar-refractivity contribution < 1.29 is 23.1 Å². The number of halogens is 3. The standard InChI is InChI=1S/C22H25F3N2O2/c1-21(29,22(23,24)25)18-9-5-16(6-10-18)20(28)27(2)19-11-7-15(8-12-19)17-4-3-13-26-14-17/h3-6,9-10,13-15,19,29H,7-8,11-12H2,1-2H3/t15-,19-,21-/m0/s1.